The summed E-state index contributed by atoms with van der Waals surface area (Å²) in [5.41, 5.74) is 0. The van der Waals surface area contributed by atoms with Crippen molar-refractivity contribution in [1.29, 1.82) is 0 Å². The van der Waals surface area contributed by atoms with Gasteiger partial charge in [-0.25, -0.2) is 9.97 Å². The van der Waals surface area contributed by atoms with Crippen molar-refractivity contribution in [2.24, 2.45) is 10.9 Å². The van der Waals surface area contributed by atoms with Crippen LogP contribution in [0.5, 0.6) is 0 Å². The molecule has 1 aromatic heterocycles. The van der Waals surface area contributed by atoms with Crippen LogP contribution < -0.4 is 10.2 Å². The van der Waals surface area contributed by atoms with E-state index in [-0.39, 0.29) is 24.0 Å². The number of rotatable bonds is 4. The number of nitrogens with zero attached hydrogens (tertiary/aromatic N) is 5. The minimum Gasteiger partial charge on any atom is -0.357 e. The summed E-state index contributed by atoms with van der Waals surface area (Å²) in [5.74, 6) is 2.43. The number of anilines is 1. The molecule has 22 heavy (non-hydrogen) atoms. The molecule has 124 valence electrons. The number of hydrogen-bond acceptors (Lipinski definition) is 4. The van der Waals surface area contributed by atoms with Crippen LogP contribution in [-0.2, 0) is 0 Å². The van der Waals surface area contributed by atoms with Crippen LogP contribution in [0.25, 0.3) is 0 Å². The lowest BCUT2D eigenvalue weighted by Crippen LogP contribution is -2.53. The van der Waals surface area contributed by atoms with Crippen LogP contribution in [0.15, 0.2) is 23.5 Å². The molecule has 0 atom stereocenters. The Morgan fingerprint density at radius 1 is 1.23 bits per heavy atom. The molecule has 0 bridgehead atoms. The Balaban J connectivity index is 0.00000242. The quantitative estimate of drug-likeness (QED) is 0.460. The van der Waals surface area contributed by atoms with Gasteiger partial charge in [-0.3, -0.25) is 4.99 Å². The van der Waals surface area contributed by atoms with Crippen LogP contribution >= 0.6 is 24.0 Å². The van der Waals surface area contributed by atoms with Crippen LogP contribution in [0, 0.1) is 5.92 Å². The molecule has 6 nitrogen and oxygen atoms in total. The Labute approximate surface area is 150 Å². The maximum Gasteiger partial charge on any atom is 0.225 e. The van der Waals surface area contributed by atoms with Crippen molar-refractivity contribution < 1.29 is 0 Å². The lowest BCUT2D eigenvalue weighted by molar-refractivity contribution is 0.369. The van der Waals surface area contributed by atoms with Gasteiger partial charge in [0.1, 0.15) is 0 Å². The molecule has 0 radical (unpaired) electrons. The van der Waals surface area contributed by atoms with Crippen molar-refractivity contribution in [2.45, 2.75) is 20.8 Å². The fourth-order valence-electron chi connectivity index (χ4n) is 2.27. The molecule has 2 heterocycles. The van der Waals surface area contributed by atoms with E-state index in [1.54, 1.807) is 12.4 Å². The Kier molecular flexibility index (Phi) is 8.44. The average molecular weight is 418 g/mol. The third-order valence-electron chi connectivity index (χ3n) is 3.36. The van der Waals surface area contributed by atoms with Crippen LogP contribution in [-0.4, -0.2) is 60.1 Å². The van der Waals surface area contributed by atoms with Gasteiger partial charge in [0.25, 0.3) is 0 Å². The summed E-state index contributed by atoms with van der Waals surface area (Å²) in [4.78, 5) is 17.9. The van der Waals surface area contributed by atoms with Crippen LogP contribution in [0.2, 0.25) is 0 Å². The highest BCUT2D eigenvalue weighted by molar-refractivity contribution is 14.0. The van der Waals surface area contributed by atoms with Gasteiger partial charge in [0.15, 0.2) is 5.96 Å². The Hall–Kier alpha value is -1.12. The molecule has 1 aromatic rings. The summed E-state index contributed by atoms with van der Waals surface area (Å²) in [5, 5.41) is 3.39. The highest BCUT2D eigenvalue weighted by Gasteiger charge is 2.20. The first-order chi connectivity index (χ1) is 10.2. The van der Waals surface area contributed by atoms with E-state index >= 15 is 0 Å². The molecule has 1 N–H and O–H groups in total. The molecule has 0 saturated carbocycles. The van der Waals surface area contributed by atoms with Gasteiger partial charge in [-0.1, -0.05) is 13.8 Å². The van der Waals surface area contributed by atoms with E-state index < -0.39 is 0 Å². The standard InChI is InChI=1S/C15H26N6.HI/c1-4-16-14(19-12-13(2)3)20-8-10-21(11-9-20)15-17-6-5-7-18-15;/h5-7,13H,4,8-12H2,1-3H3,(H,16,19);1H. The predicted molar refractivity (Wildman–Crippen MR) is 102 cm³/mol. The van der Waals surface area contributed by atoms with E-state index in [1.807, 2.05) is 6.07 Å². The maximum absolute atomic E-state index is 4.72. The number of nitrogens with one attached hydrogen (secondary N) is 1. The van der Waals surface area contributed by atoms with Crippen molar-refractivity contribution in [2.75, 3.05) is 44.2 Å². The summed E-state index contributed by atoms with van der Waals surface area (Å²) >= 11 is 0. The lowest BCUT2D eigenvalue weighted by atomic mass is 10.2. The molecule has 1 aliphatic rings. The van der Waals surface area contributed by atoms with E-state index in [0.29, 0.717) is 5.92 Å². The fraction of sp³-hybridized carbons (Fsp3) is 0.667. The first kappa shape index (κ1) is 18.9. The lowest BCUT2D eigenvalue weighted by Gasteiger charge is -2.36. The second-order valence-electron chi connectivity index (χ2n) is 5.61. The second-order valence-corrected chi connectivity index (χ2v) is 5.61. The topological polar surface area (TPSA) is 56.7 Å². The maximum atomic E-state index is 4.72. The van der Waals surface area contributed by atoms with Crippen molar-refractivity contribution in [1.82, 2.24) is 20.2 Å². The minimum atomic E-state index is 0. The second kappa shape index (κ2) is 9.81. The third kappa shape index (κ3) is 5.58. The summed E-state index contributed by atoms with van der Waals surface area (Å²) in [7, 11) is 0. The van der Waals surface area contributed by atoms with E-state index in [2.05, 4.69) is 45.9 Å². The zero-order valence-electron chi connectivity index (χ0n) is 13.7. The first-order valence-electron chi connectivity index (χ1n) is 7.76. The third-order valence-corrected chi connectivity index (χ3v) is 3.36. The van der Waals surface area contributed by atoms with Crippen LogP contribution in [0.4, 0.5) is 5.95 Å². The van der Waals surface area contributed by atoms with Crippen molar-refractivity contribution in [3.63, 3.8) is 0 Å². The molecule has 1 fully saturated rings. The normalized spacial score (nSPS) is 15.7. The molecule has 2 rings (SSSR count). The predicted octanol–water partition coefficient (Wildman–Crippen LogP) is 1.84. The smallest absolute Gasteiger partial charge is 0.225 e. The number of hydrogen-bond donors (Lipinski definition) is 1. The molecule has 0 spiro atoms. The molecule has 0 amide bonds. The van der Waals surface area contributed by atoms with Gasteiger partial charge < -0.3 is 15.1 Å². The molecule has 0 unspecified atom stereocenters. The molecular weight excluding hydrogens is 391 g/mol. The number of halogens is 1. The number of aliphatic imine (C=N–C) groups is 1. The van der Waals surface area contributed by atoms with E-state index in [9.17, 15) is 0 Å². The first-order valence-corrected chi connectivity index (χ1v) is 7.76. The summed E-state index contributed by atoms with van der Waals surface area (Å²) in [6.07, 6.45) is 3.59. The summed E-state index contributed by atoms with van der Waals surface area (Å²) in [6, 6.07) is 1.85. The van der Waals surface area contributed by atoms with Gasteiger partial charge in [0.2, 0.25) is 5.95 Å². The van der Waals surface area contributed by atoms with Crippen LogP contribution in [0.1, 0.15) is 20.8 Å². The molecule has 0 aromatic carbocycles. The Morgan fingerprint density at radius 2 is 1.86 bits per heavy atom. The Morgan fingerprint density at radius 3 is 2.41 bits per heavy atom. The number of guanidine groups is 1. The highest BCUT2D eigenvalue weighted by atomic mass is 127. The summed E-state index contributed by atoms with van der Waals surface area (Å²) < 4.78 is 0. The zero-order valence-corrected chi connectivity index (χ0v) is 16.0. The van der Waals surface area contributed by atoms with Gasteiger partial charge in [-0.15, -0.1) is 24.0 Å². The molecule has 1 saturated heterocycles. The molecule has 1 aliphatic heterocycles. The fourth-order valence-corrected chi connectivity index (χ4v) is 2.27. The van der Waals surface area contributed by atoms with Gasteiger partial charge in [-0.05, 0) is 18.9 Å². The van der Waals surface area contributed by atoms with Crippen molar-refractivity contribution >= 4 is 35.9 Å². The van der Waals surface area contributed by atoms with Gasteiger partial charge >= 0.3 is 0 Å². The van der Waals surface area contributed by atoms with Gasteiger partial charge in [0, 0.05) is 51.7 Å². The van der Waals surface area contributed by atoms with Gasteiger partial charge in [-0.2, -0.15) is 0 Å². The minimum absolute atomic E-state index is 0. The molecule has 7 heteroatoms. The molecular formula is C15H27IN6. The van der Waals surface area contributed by atoms with E-state index in [4.69, 9.17) is 4.99 Å². The monoisotopic (exact) mass is 418 g/mol. The van der Waals surface area contributed by atoms with Crippen molar-refractivity contribution in [3.8, 4) is 0 Å². The van der Waals surface area contributed by atoms with Crippen molar-refractivity contribution in [3.05, 3.63) is 18.5 Å². The average Bonchev–Trinajstić information content (AvgIpc) is 2.52. The number of aromatic nitrogens is 2. The van der Waals surface area contributed by atoms with E-state index in [1.165, 1.54) is 0 Å². The largest absolute Gasteiger partial charge is 0.357 e. The van der Waals surface area contributed by atoms with Crippen LogP contribution in [0.3, 0.4) is 0 Å². The number of piperazine rings is 1. The van der Waals surface area contributed by atoms with Gasteiger partial charge in [0.05, 0.1) is 0 Å². The molecule has 0 aliphatic carbocycles. The highest BCUT2D eigenvalue weighted by Crippen LogP contribution is 2.10. The SMILES string of the molecule is CCNC(=NCC(C)C)N1CCN(c2ncccn2)CC1.I. The van der Waals surface area contributed by atoms with E-state index in [0.717, 1.165) is 51.2 Å². The Bertz CT molecular complexity index is 443. The summed E-state index contributed by atoms with van der Waals surface area (Å²) in [6.45, 7) is 12.0. The zero-order chi connectivity index (χ0) is 15.1.